The fourth-order valence-electron chi connectivity index (χ4n) is 1.88. The molecule has 4 nitrogen and oxygen atoms in total. The van der Waals surface area contributed by atoms with Crippen molar-refractivity contribution in [1.29, 1.82) is 0 Å². The van der Waals surface area contributed by atoms with Crippen molar-refractivity contribution in [2.75, 3.05) is 32.9 Å². The van der Waals surface area contributed by atoms with Crippen LogP contribution in [0.3, 0.4) is 0 Å². The number of quaternary nitrogens is 1. The number of hydrogen-bond donors (Lipinski definition) is 2. The number of aryl methyl sites for hydroxylation is 1. The van der Waals surface area contributed by atoms with Crippen LogP contribution in [0.25, 0.3) is 0 Å². The van der Waals surface area contributed by atoms with E-state index in [-0.39, 0.29) is 5.75 Å². The second-order valence-corrected chi connectivity index (χ2v) is 9.11. The van der Waals surface area contributed by atoms with E-state index in [4.69, 9.17) is 5.14 Å². The summed E-state index contributed by atoms with van der Waals surface area (Å²) < 4.78 is 23.8. The normalized spacial score (nSPS) is 14.9. The highest BCUT2D eigenvalue weighted by Gasteiger charge is 2.25. The molecule has 0 fully saturated rings. The summed E-state index contributed by atoms with van der Waals surface area (Å²) in [7, 11) is 0.0311. The number of nitrogens with zero attached hydrogens (tertiary/aromatic N) is 1. The van der Waals surface area contributed by atoms with Gasteiger partial charge < -0.3 is 4.48 Å². The predicted octanol–water partition coefficient (Wildman–Crippen LogP) is 2.01. The summed E-state index contributed by atoms with van der Waals surface area (Å²) in [5.74, 6) is 0.113. The van der Waals surface area contributed by atoms with Gasteiger partial charge in [-0.2, -0.15) is 4.21 Å². The zero-order chi connectivity index (χ0) is 14.8. The smallest absolute Gasteiger partial charge is 0.0798 e. The Morgan fingerprint density at radius 3 is 2.26 bits per heavy atom. The highest BCUT2D eigenvalue weighted by molar-refractivity contribution is 8.13. The molecule has 1 rings (SSSR count). The van der Waals surface area contributed by atoms with Gasteiger partial charge in [-0.3, -0.25) is 4.55 Å². The molecular formula is C14H27N2O2S+. The van der Waals surface area contributed by atoms with E-state index in [9.17, 15) is 8.76 Å². The van der Waals surface area contributed by atoms with Gasteiger partial charge in [-0.25, -0.2) is 5.14 Å². The summed E-state index contributed by atoms with van der Waals surface area (Å²) in [6.07, 6.45) is 0.632. The molecule has 19 heavy (non-hydrogen) atoms. The summed E-state index contributed by atoms with van der Waals surface area (Å²) in [6, 6.07) is 6.95. The fourth-order valence-corrected chi connectivity index (χ4v) is 3.52. The van der Waals surface area contributed by atoms with Crippen LogP contribution in [-0.4, -0.2) is 46.2 Å². The van der Waals surface area contributed by atoms with Crippen LogP contribution in [0.15, 0.2) is 29.2 Å². The third kappa shape index (κ3) is 4.69. The highest BCUT2D eigenvalue weighted by Crippen LogP contribution is 2.27. The Hall–Kier alpha value is -0.750. The number of benzene rings is 1. The van der Waals surface area contributed by atoms with Crippen LogP contribution in [0, 0.1) is 6.92 Å². The van der Waals surface area contributed by atoms with Gasteiger partial charge in [0.2, 0.25) is 0 Å². The summed E-state index contributed by atoms with van der Waals surface area (Å²) in [5.41, 5.74) is 1.05. The van der Waals surface area contributed by atoms with E-state index in [2.05, 4.69) is 21.0 Å². The molecule has 0 spiro atoms. The van der Waals surface area contributed by atoms with Gasteiger partial charge in [-0.05, 0) is 26.0 Å². The molecular weight excluding hydrogens is 260 g/mol. The molecule has 0 aliphatic heterocycles. The van der Waals surface area contributed by atoms with Crippen molar-refractivity contribution < 1.29 is 13.2 Å². The van der Waals surface area contributed by atoms with E-state index in [0.717, 1.165) is 23.1 Å². The monoisotopic (exact) mass is 287 g/mol. The second-order valence-electron chi connectivity index (χ2n) is 5.97. The highest BCUT2D eigenvalue weighted by atomic mass is 32.3. The van der Waals surface area contributed by atoms with Crippen LogP contribution in [0.2, 0.25) is 0 Å². The number of rotatable bonds is 6. The van der Waals surface area contributed by atoms with Crippen molar-refractivity contribution in [2.45, 2.75) is 25.2 Å². The van der Waals surface area contributed by atoms with E-state index in [0.29, 0.717) is 11.3 Å². The summed E-state index contributed by atoms with van der Waals surface area (Å²) in [5, 5.41) is 5.80. The molecule has 0 amide bonds. The SMILES string of the molecule is CC[N+](C)(C)CCCS(N)(=O)(O)c1ccc(C)cc1. The van der Waals surface area contributed by atoms with Crippen molar-refractivity contribution in [2.24, 2.45) is 5.14 Å². The largest absolute Gasteiger partial charge is 0.329 e. The van der Waals surface area contributed by atoms with E-state index in [1.807, 2.05) is 19.1 Å². The molecule has 0 radical (unpaired) electrons. The minimum absolute atomic E-state index is 0.113. The summed E-state index contributed by atoms with van der Waals surface area (Å²) in [4.78, 5) is 0.337. The quantitative estimate of drug-likeness (QED) is 0.786. The van der Waals surface area contributed by atoms with Gasteiger partial charge in [0.1, 0.15) is 0 Å². The first-order valence-corrected chi connectivity index (χ1v) is 8.79. The molecule has 1 aromatic rings. The predicted molar refractivity (Wildman–Crippen MR) is 81.4 cm³/mol. The van der Waals surface area contributed by atoms with E-state index < -0.39 is 9.53 Å². The Morgan fingerprint density at radius 2 is 1.79 bits per heavy atom. The Kier molecular flexibility index (Phi) is 4.57. The molecule has 0 atom stereocenters. The molecule has 3 N–H and O–H groups in total. The van der Waals surface area contributed by atoms with Crippen molar-refractivity contribution >= 4 is 9.53 Å². The zero-order valence-electron chi connectivity index (χ0n) is 12.4. The van der Waals surface area contributed by atoms with Crippen LogP contribution in [-0.2, 0) is 9.53 Å². The molecule has 1 aromatic carbocycles. The van der Waals surface area contributed by atoms with Gasteiger partial charge >= 0.3 is 0 Å². The summed E-state index contributed by atoms with van der Waals surface area (Å²) in [6.45, 7) is 5.88. The molecule has 0 bridgehead atoms. The van der Waals surface area contributed by atoms with Crippen LogP contribution < -0.4 is 5.14 Å². The molecule has 0 heterocycles. The minimum Gasteiger partial charge on any atom is -0.329 e. The van der Waals surface area contributed by atoms with E-state index in [1.54, 1.807) is 12.1 Å². The Labute approximate surface area is 116 Å². The van der Waals surface area contributed by atoms with Gasteiger partial charge in [-0.1, -0.05) is 17.7 Å². The average Bonchev–Trinajstić information content (AvgIpc) is 2.28. The molecule has 0 unspecified atom stereocenters. The molecule has 0 aliphatic rings. The standard InChI is InChI=1S/C14H26N2O2S/c1-5-16(3,4)11-6-12-19(15,17,18)14-9-7-13(2)8-10-14/h7-10H,5-6,11-12H2,1-4H3,(H2-,15,17,18)/p+1. The van der Waals surface area contributed by atoms with Crippen LogP contribution in [0.5, 0.6) is 0 Å². The van der Waals surface area contributed by atoms with Crippen molar-refractivity contribution in [3.05, 3.63) is 29.8 Å². The van der Waals surface area contributed by atoms with Crippen LogP contribution >= 0.6 is 0 Å². The Balaban J connectivity index is 2.79. The first-order chi connectivity index (χ1) is 8.54. The molecule has 110 valence electrons. The van der Waals surface area contributed by atoms with Crippen LogP contribution in [0.4, 0.5) is 0 Å². The first kappa shape index (κ1) is 16.3. The lowest BCUT2D eigenvalue weighted by Gasteiger charge is -2.39. The third-order valence-electron chi connectivity index (χ3n) is 3.68. The maximum absolute atomic E-state index is 12.6. The second kappa shape index (κ2) is 5.32. The molecule has 0 saturated carbocycles. The van der Waals surface area contributed by atoms with Gasteiger partial charge in [0.15, 0.2) is 0 Å². The summed E-state index contributed by atoms with van der Waals surface area (Å²) >= 11 is 0. The van der Waals surface area contributed by atoms with E-state index >= 15 is 0 Å². The third-order valence-corrected chi connectivity index (χ3v) is 6.04. The van der Waals surface area contributed by atoms with Gasteiger partial charge in [0.25, 0.3) is 0 Å². The fraction of sp³-hybridized carbons (Fsp3) is 0.571. The maximum atomic E-state index is 12.6. The maximum Gasteiger partial charge on any atom is 0.0798 e. The van der Waals surface area contributed by atoms with Gasteiger partial charge in [0, 0.05) is 6.42 Å². The Morgan fingerprint density at radius 1 is 1.26 bits per heavy atom. The lowest BCUT2D eigenvalue weighted by atomic mass is 10.2. The lowest BCUT2D eigenvalue weighted by molar-refractivity contribution is -0.888. The topological polar surface area (TPSA) is 63.3 Å². The molecule has 5 heteroatoms. The minimum atomic E-state index is -4.19. The Bertz CT molecular complexity index is 489. The average molecular weight is 287 g/mol. The van der Waals surface area contributed by atoms with Gasteiger partial charge in [-0.15, -0.1) is 9.53 Å². The number of hydrogen-bond acceptors (Lipinski definition) is 1. The number of nitrogens with two attached hydrogens (primary N) is 1. The van der Waals surface area contributed by atoms with E-state index in [1.165, 1.54) is 0 Å². The lowest BCUT2D eigenvalue weighted by Crippen LogP contribution is -2.48. The first-order valence-electron chi connectivity index (χ1n) is 6.63. The zero-order valence-corrected chi connectivity index (χ0v) is 13.2. The van der Waals surface area contributed by atoms with Crippen molar-refractivity contribution in [3.63, 3.8) is 0 Å². The molecule has 0 aliphatic carbocycles. The van der Waals surface area contributed by atoms with Gasteiger partial charge in [0.05, 0.1) is 37.8 Å². The molecule has 0 aromatic heterocycles. The van der Waals surface area contributed by atoms with Crippen LogP contribution in [0.1, 0.15) is 18.9 Å². The van der Waals surface area contributed by atoms with Crippen molar-refractivity contribution in [1.82, 2.24) is 0 Å². The molecule has 0 saturated heterocycles. The van der Waals surface area contributed by atoms with Crippen molar-refractivity contribution in [3.8, 4) is 0 Å².